The highest BCUT2D eigenvalue weighted by Crippen LogP contribution is 2.30. The molecule has 1 aromatic carbocycles. The van der Waals surface area contributed by atoms with Crippen molar-refractivity contribution >= 4 is 17.8 Å². The lowest BCUT2D eigenvalue weighted by atomic mass is 9.93. The highest BCUT2D eigenvalue weighted by molar-refractivity contribution is 5.98. The Morgan fingerprint density at radius 3 is 2.30 bits per heavy atom. The number of pyridine rings is 1. The molecule has 0 aliphatic rings. The average Bonchev–Trinajstić information content (AvgIpc) is 2.88. The molecule has 37 heavy (non-hydrogen) atoms. The molecule has 0 fully saturated rings. The number of amides is 1. The number of rotatable bonds is 14. The zero-order valence-electron chi connectivity index (χ0n) is 22.2. The molecular weight excluding hydrogens is 480 g/mol. The summed E-state index contributed by atoms with van der Waals surface area (Å²) in [5.41, 5.74) is -0.137. The number of carbonyl (C=O) groups excluding carboxylic acids is 3. The molecule has 0 saturated carbocycles. The second-order valence-corrected chi connectivity index (χ2v) is 8.40. The van der Waals surface area contributed by atoms with Crippen molar-refractivity contribution in [3.63, 3.8) is 0 Å². The minimum atomic E-state index is -0.997. The Balaban J connectivity index is 2.11. The van der Waals surface area contributed by atoms with Crippen molar-refractivity contribution in [1.29, 1.82) is 0 Å². The first-order chi connectivity index (χ1) is 17.7. The monoisotopic (exact) mass is 516 g/mol. The molecule has 0 aliphatic carbocycles. The maximum Gasteiger partial charge on any atom is 0.328 e. The molecule has 0 spiro atoms. The number of ether oxygens (including phenoxy) is 5. The second kappa shape index (κ2) is 14.7. The minimum Gasteiger partial charge on any atom is -0.493 e. The van der Waals surface area contributed by atoms with E-state index in [1.54, 1.807) is 6.92 Å². The quantitative estimate of drug-likeness (QED) is 0.294. The molecule has 1 N–H and O–H groups in total. The molecule has 1 aromatic heterocycles. The maximum absolute atomic E-state index is 13.0. The Morgan fingerprint density at radius 1 is 1.03 bits per heavy atom. The molecule has 1 heterocycles. The number of hydrogen-bond acceptors (Lipinski definition) is 9. The summed E-state index contributed by atoms with van der Waals surface area (Å²) in [6.45, 7) is 8.21. The predicted molar refractivity (Wildman–Crippen MR) is 135 cm³/mol. The van der Waals surface area contributed by atoms with Gasteiger partial charge in [-0.3, -0.25) is 9.59 Å². The highest BCUT2D eigenvalue weighted by atomic mass is 16.7. The van der Waals surface area contributed by atoms with Gasteiger partial charge in [-0.25, -0.2) is 9.78 Å². The number of nitrogens with one attached hydrogen (secondary N) is 1. The second-order valence-electron chi connectivity index (χ2n) is 8.40. The number of esters is 2. The van der Waals surface area contributed by atoms with Crippen molar-refractivity contribution in [2.24, 2.45) is 5.92 Å². The Morgan fingerprint density at radius 2 is 1.70 bits per heavy atom. The molecule has 2 rings (SSSR count). The van der Waals surface area contributed by atoms with Crippen LogP contribution in [0, 0.1) is 5.92 Å². The van der Waals surface area contributed by atoms with Crippen LogP contribution < -0.4 is 19.5 Å². The highest BCUT2D eigenvalue weighted by Gasteiger charge is 2.31. The van der Waals surface area contributed by atoms with Gasteiger partial charge in [0.2, 0.25) is 6.79 Å². The third-order valence-corrected chi connectivity index (χ3v) is 5.76. The molecule has 2 aromatic rings. The molecule has 0 bridgehead atoms. The molecule has 10 nitrogen and oxygen atoms in total. The minimum absolute atomic E-state index is 0.0252. The summed E-state index contributed by atoms with van der Waals surface area (Å²) >= 11 is 0. The van der Waals surface area contributed by atoms with Crippen LogP contribution >= 0.6 is 0 Å². The number of carbonyl (C=O) groups is 3. The van der Waals surface area contributed by atoms with Crippen molar-refractivity contribution < 1.29 is 38.1 Å². The molecule has 0 aliphatic heterocycles. The molecule has 0 radical (unpaired) electrons. The van der Waals surface area contributed by atoms with E-state index in [2.05, 4.69) is 24.1 Å². The third kappa shape index (κ3) is 8.66. The van der Waals surface area contributed by atoms with E-state index >= 15 is 0 Å². The van der Waals surface area contributed by atoms with E-state index in [0.29, 0.717) is 5.75 Å². The van der Waals surface area contributed by atoms with Gasteiger partial charge in [0.05, 0.1) is 7.11 Å². The van der Waals surface area contributed by atoms with E-state index < -0.39 is 36.8 Å². The molecule has 0 unspecified atom stereocenters. The average molecular weight is 517 g/mol. The summed E-state index contributed by atoms with van der Waals surface area (Å²) in [5, 5.41) is 2.58. The first-order valence-corrected chi connectivity index (χ1v) is 12.2. The van der Waals surface area contributed by atoms with Crippen molar-refractivity contribution in [1.82, 2.24) is 10.3 Å². The van der Waals surface area contributed by atoms with Crippen LogP contribution in [0.15, 0.2) is 42.6 Å². The van der Waals surface area contributed by atoms with Gasteiger partial charge in [0.25, 0.3) is 5.91 Å². The molecule has 3 atom stereocenters. The standard InChI is InChI=1S/C27H36N2O8/c1-7-20(8-2)24(37-21-12-10-9-11-13-21)18(4)36-27(32)17(3)29-26(31)23-25(35-16-34-19(5)30)22(33-6)14-15-28-23/h9-15,17-18,20,24H,7-8,16H2,1-6H3,(H,29,31)/t17-,18-,24-/m0/s1. The van der Waals surface area contributed by atoms with Crippen molar-refractivity contribution in [3.8, 4) is 17.2 Å². The number of para-hydroxylation sites is 1. The number of aromatic nitrogens is 1. The largest absolute Gasteiger partial charge is 0.493 e. The van der Waals surface area contributed by atoms with Gasteiger partial charge in [0, 0.05) is 19.2 Å². The van der Waals surface area contributed by atoms with Crippen LogP contribution in [0.25, 0.3) is 0 Å². The first-order valence-electron chi connectivity index (χ1n) is 12.2. The lowest BCUT2D eigenvalue weighted by Gasteiger charge is -2.31. The Kier molecular flexibility index (Phi) is 11.7. The topological polar surface area (TPSA) is 122 Å². The predicted octanol–water partition coefficient (Wildman–Crippen LogP) is 3.92. The smallest absolute Gasteiger partial charge is 0.328 e. The first kappa shape index (κ1) is 29.4. The van der Waals surface area contributed by atoms with Crippen molar-refractivity contribution in [3.05, 3.63) is 48.3 Å². The molecule has 10 heteroatoms. The number of nitrogens with zero attached hydrogens (tertiary/aromatic N) is 1. The Bertz CT molecular complexity index is 1030. The van der Waals surface area contributed by atoms with E-state index in [1.165, 1.54) is 33.2 Å². The summed E-state index contributed by atoms with van der Waals surface area (Å²) in [7, 11) is 1.39. The Labute approximate surface area is 217 Å². The van der Waals surface area contributed by atoms with E-state index in [1.807, 2.05) is 30.3 Å². The summed E-state index contributed by atoms with van der Waals surface area (Å²) in [5.74, 6) is -0.836. The molecule has 202 valence electrons. The molecular formula is C27H36N2O8. The van der Waals surface area contributed by atoms with Crippen molar-refractivity contribution in [2.45, 2.75) is 65.7 Å². The lowest BCUT2D eigenvalue weighted by molar-refractivity contribution is -0.156. The van der Waals surface area contributed by atoms with Crippen LogP contribution in [-0.2, 0) is 19.1 Å². The SMILES string of the molecule is CCC(CC)[C@@H](Oc1ccccc1)[C@H](C)OC(=O)[C@H](C)NC(=O)c1nccc(OC)c1OCOC(C)=O. The van der Waals surface area contributed by atoms with Gasteiger partial charge >= 0.3 is 11.9 Å². The van der Waals surface area contributed by atoms with E-state index in [-0.39, 0.29) is 29.2 Å². The van der Waals surface area contributed by atoms with E-state index in [0.717, 1.165) is 12.8 Å². The zero-order valence-corrected chi connectivity index (χ0v) is 22.2. The van der Waals surface area contributed by atoms with Gasteiger partial charge in [-0.15, -0.1) is 0 Å². The fraction of sp³-hybridized carbons (Fsp3) is 0.481. The van der Waals surface area contributed by atoms with Crippen LogP contribution in [0.5, 0.6) is 17.2 Å². The number of hydrogen-bond donors (Lipinski definition) is 1. The van der Waals surface area contributed by atoms with Crippen LogP contribution in [-0.4, -0.2) is 55.0 Å². The maximum atomic E-state index is 13.0. The summed E-state index contributed by atoms with van der Waals surface area (Å²) in [4.78, 5) is 41.0. The van der Waals surface area contributed by atoms with Crippen LogP contribution in [0.2, 0.25) is 0 Å². The van der Waals surface area contributed by atoms with Gasteiger partial charge in [0.15, 0.2) is 17.2 Å². The fourth-order valence-corrected chi connectivity index (χ4v) is 3.72. The van der Waals surface area contributed by atoms with Crippen LogP contribution in [0.4, 0.5) is 0 Å². The van der Waals surface area contributed by atoms with Gasteiger partial charge in [0.1, 0.15) is 24.0 Å². The molecule has 1 amide bonds. The van der Waals surface area contributed by atoms with Gasteiger partial charge in [-0.1, -0.05) is 32.0 Å². The third-order valence-electron chi connectivity index (χ3n) is 5.76. The van der Waals surface area contributed by atoms with E-state index in [4.69, 9.17) is 23.7 Å². The normalized spacial score (nSPS) is 13.2. The Hall–Kier alpha value is -3.82. The number of benzene rings is 1. The van der Waals surface area contributed by atoms with E-state index in [9.17, 15) is 14.4 Å². The van der Waals surface area contributed by atoms with Gasteiger partial charge < -0.3 is 29.0 Å². The van der Waals surface area contributed by atoms with Gasteiger partial charge in [-0.2, -0.15) is 0 Å². The zero-order chi connectivity index (χ0) is 27.4. The fourth-order valence-electron chi connectivity index (χ4n) is 3.72. The molecule has 0 saturated heterocycles. The summed E-state index contributed by atoms with van der Waals surface area (Å²) in [6, 6.07) is 9.86. The number of methoxy groups -OCH3 is 1. The van der Waals surface area contributed by atoms with Gasteiger partial charge in [-0.05, 0) is 44.7 Å². The summed E-state index contributed by atoms with van der Waals surface area (Å²) < 4.78 is 27.4. The van der Waals surface area contributed by atoms with Crippen LogP contribution in [0.1, 0.15) is 57.9 Å². The lowest BCUT2D eigenvalue weighted by Crippen LogP contribution is -2.45. The van der Waals surface area contributed by atoms with Crippen LogP contribution in [0.3, 0.4) is 0 Å². The van der Waals surface area contributed by atoms with Crippen molar-refractivity contribution in [2.75, 3.05) is 13.9 Å². The summed E-state index contributed by atoms with van der Waals surface area (Å²) in [6.07, 6.45) is 2.11.